The molecule has 8 aromatic carbocycles. The van der Waals surface area contributed by atoms with E-state index in [1.54, 1.807) is 0 Å². The van der Waals surface area contributed by atoms with Crippen LogP contribution in [0.2, 0.25) is 0 Å². The maximum absolute atomic E-state index is 2.50. The lowest BCUT2D eigenvalue weighted by atomic mass is 9.78. The van der Waals surface area contributed by atoms with Crippen LogP contribution in [-0.2, 0) is 0 Å². The number of hydrogen-bond donors (Lipinski definition) is 0. The lowest BCUT2D eigenvalue weighted by Gasteiger charge is -2.27. The fraction of sp³-hybridized carbons (Fsp3) is 0.0714. The molecule has 272 valence electrons. The minimum absolute atomic E-state index is 0.638. The molecule has 0 bridgehead atoms. The standard InChI is InChI=1S/C56H38N2/c1-2-13-41(14-3-1)57-51-19-8-6-15-42(51)49-33-39(25-28-54(49)57)35-21-23-36(24-22-35)40-26-29-55-50(34-40)43-16-7-9-20-52(43)58(55)53-30-27-45-48-32-38-12-5-4-11-37(38)31-47(48)44-17-10-18-46(53)56(44)45/h1-4,6-11,13-31,33-34,38H,5,12,32H2. The summed E-state index contributed by atoms with van der Waals surface area (Å²) >= 11 is 0. The van der Waals surface area contributed by atoms with Crippen molar-refractivity contribution in [2.45, 2.75) is 19.3 Å². The maximum atomic E-state index is 2.50. The van der Waals surface area contributed by atoms with Gasteiger partial charge in [0, 0.05) is 32.6 Å². The number of aromatic nitrogens is 2. The third-order valence-electron chi connectivity index (χ3n) is 13.3. The lowest BCUT2D eigenvalue weighted by Crippen LogP contribution is -2.10. The van der Waals surface area contributed by atoms with E-state index in [-0.39, 0.29) is 0 Å². The summed E-state index contributed by atoms with van der Waals surface area (Å²) in [6, 6.07) is 63.1. The molecule has 13 rings (SSSR count). The van der Waals surface area contributed by atoms with Crippen molar-refractivity contribution < 1.29 is 0 Å². The van der Waals surface area contributed by atoms with Crippen molar-refractivity contribution in [3.8, 4) is 33.6 Å². The van der Waals surface area contributed by atoms with Crippen LogP contribution >= 0.6 is 0 Å². The van der Waals surface area contributed by atoms with Gasteiger partial charge in [-0.2, -0.15) is 0 Å². The largest absolute Gasteiger partial charge is 0.309 e. The second kappa shape index (κ2) is 12.2. The molecule has 3 aliphatic carbocycles. The predicted octanol–water partition coefficient (Wildman–Crippen LogP) is 14.9. The highest BCUT2D eigenvalue weighted by molar-refractivity contribution is 6.19. The molecular weight excluding hydrogens is 701 g/mol. The van der Waals surface area contributed by atoms with Gasteiger partial charge in [-0.25, -0.2) is 0 Å². The molecule has 3 aliphatic rings. The van der Waals surface area contributed by atoms with Crippen LogP contribution in [0, 0.1) is 5.92 Å². The molecule has 2 heteroatoms. The van der Waals surface area contributed by atoms with E-state index in [0.717, 1.165) is 6.42 Å². The fourth-order valence-electron chi connectivity index (χ4n) is 10.6. The minimum atomic E-state index is 0.638. The molecule has 2 nitrogen and oxygen atoms in total. The van der Waals surface area contributed by atoms with Crippen LogP contribution in [0.1, 0.15) is 30.4 Å². The van der Waals surface area contributed by atoms with Crippen LogP contribution in [0.15, 0.2) is 194 Å². The van der Waals surface area contributed by atoms with Crippen molar-refractivity contribution in [1.29, 1.82) is 0 Å². The highest BCUT2D eigenvalue weighted by Gasteiger charge is 2.31. The van der Waals surface area contributed by atoms with Crippen molar-refractivity contribution in [2.75, 3.05) is 0 Å². The predicted molar refractivity (Wildman–Crippen MR) is 245 cm³/mol. The van der Waals surface area contributed by atoms with Crippen LogP contribution in [0.3, 0.4) is 0 Å². The van der Waals surface area contributed by atoms with Crippen LogP contribution in [0.5, 0.6) is 0 Å². The molecule has 0 radical (unpaired) electrons. The molecule has 58 heavy (non-hydrogen) atoms. The Kier molecular flexibility index (Phi) is 6.71. The Bertz CT molecular complexity index is 3460. The van der Waals surface area contributed by atoms with Crippen molar-refractivity contribution >= 4 is 65.5 Å². The second-order valence-electron chi connectivity index (χ2n) is 16.4. The van der Waals surface area contributed by atoms with Crippen molar-refractivity contribution in [2.24, 2.45) is 5.92 Å². The third-order valence-corrected chi connectivity index (χ3v) is 13.3. The first-order valence-electron chi connectivity index (χ1n) is 20.7. The van der Waals surface area contributed by atoms with E-state index in [1.165, 1.54) is 129 Å². The number of fused-ring (bicyclic) bond motifs is 9. The number of para-hydroxylation sites is 3. The minimum Gasteiger partial charge on any atom is -0.309 e. The summed E-state index contributed by atoms with van der Waals surface area (Å²) in [4.78, 5) is 0. The highest BCUT2D eigenvalue weighted by atomic mass is 15.0. The number of rotatable bonds is 4. The van der Waals surface area contributed by atoms with Gasteiger partial charge < -0.3 is 9.13 Å². The average Bonchev–Trinajstić information content (AvgIpc) is 3.92. The fourth-order valence-corrected chi connectivity index (χ4v) is 10.6. The van der Waals surface area contributed by atoms with Gasteiger partial charge in [0.25, 0.3) is 0 Å². The van der Waals surface area contributed by atoms with Crippen LogP contribution in [0.4, 0.5) is 0 Å². The Morgan fingerprint density at radius 3 is 1.78 bits per heavy atom. The van der Waals surface area contributed by atoms with Crippen molar-refractivity contribution in [3.63, 3.8) is 0 Å². The molecule has 0 aliphatic heterocycles. The van der Waals surface area contributed by atoms with Crippen LogP contribution in [-0.4, -0.2) is 9.13 Å². The molecule has 1 atom stereocenters. The zero-order valence-corrected chi connectivity index (χ0v) is 32.0. The Balaban J connectivity index is 0.895. The molecule has 0 saturated carbocycles. The average molecular weight is 739 g/mol. The summed E-state index contributed by atoms with van der Waals surface area (Å²) in [5.41, 5.74) is 19.5. The van der Waals surface area contributed by atoms with E-state index in [0.29, 0.717) is 5.92 Å². The molecule has 0 amide bonds. The van der Waals surface area contributed by atoms with Gasteiger partial charge in [0.05, 0.1) is 27.8 Å². The van der Waals surface area contributed by atoms with E-state index < -0.39 is 0 Å². The van der Waals surface area contributed by atoms with Gasteiger partial charge in [-0.1, -0.05) is 133 Å². The van der Waals surface area contributed by atoms with E-state index in [1.807, 2.05) is 0 Å². The molecule has 0 N–H and O–H groups in total. The molecule has 2 aromatic heterocycles. The molecule has 0 fully saturated rings. The number of hydrogen-bond acceptors (Lipinski definition) is 0. The number of allylic oxidation sites excluding steroid dienone is 6. The second-order valence-corrected chi connectivity index (χ2v) is 16.4. The number of benzene rings is 8. The SMILES string of the molecule is C1=CC2=CC3=C(CC2CC1)c1ccc(-n2c4ccccc4c4cc(-c5ccc(-c6ccc7c(c6)c6ccccc6n7-c6ccccc6)cc5)ccc42)c2cccc3c12. The highest BCUT2D eigenvalue weighted by Crippen LogP contribution is 2.52. The van der Waals surface area contributed by atoms with Gasteiger partial charge in [0.2, 0.25) is 0 Å². The summed E-state index contributed by atoms with van der Waals surface area (Å²) in [6.45, 7) is 0. The summed E-state index contributed by atoms with van der Waals surface area (Å²) in [7, 11) is 0. The van der Waals surface area contributed by atoms with Crippen LogP contribution < -0.4 is 0 Å². The molecular formula is C56H38N2. The monoisotopic (exact) mass is 738 g/mol. The van der Waals surface area contributed by atoms with Crippen molar-refractivity contribution in [1.82, 2.24) is 9.13 Å². The Hall–Kier alpha value is -7.16. The van der Waals surface area contributed by atoms with E-state index in [9.17, 15) is 0 Å². The molecule has 0 saturated heterocycles. The van der Waals surface area contributed by atoms with Gasteiger partial charge in [-0.3, -0.25) is 0 Å². The molecule has 2 heterocycles. The van der Waals surface area contributed by atoms with Crippen molar-refractivity contribution in [3.05, 3.63) is 205 Å². The van der Waals surface area contributed by atoms with Gasteiger partial charge in [-0.15, -0.1) is 0 Å². The first-order chi connectivity index (χ1) is 28.8. The van der Waals surface area contributed by atoms with E-state index >= 15 is 0 Å². The summed E-state index contributed by atoms with van der Waals surface area (Å²) in [5.74, 6) is 0.638. The Labute approximate surface area is 336 Å². The maximum Gasteiger partial charge on any atom is 0.0541 e. The Morgan fingerprint density at radius 2 is 1.05 bits per heavy atom. The first-order valence-corrected chi connectivity index (χ1v) is 20.7. The molecule has 10 aromatic rings. The quantitative estimate of drug-likeness (QED) is 0.170. The molecule has 0 spiro atoms. The smallest absolute Gasteiger partial charge is 0.0541 e. The topological polar surface area (TPSA) is 9.86 Å². The van der Waals surface area contributed by atoms with Gasteiger partial charge >= 0.3 is 0 Å². The van der Waals surface area contributed by atoms with Gasteiger partial charge in [-0.05, 0) is 135 Å². The zero-order valence-electron chi connectivity index (χ0n) is 32.0. The third kappa shape index (κ3) is 4.54. The first kappa shape index (κ1) is 32.0. The van der Waals surface area contributed by atoms with Gasteiger partial charge in [0.15, 0.2) is 0 Å². The molecule has 1 unspecified atom stereocenters. The lowest BCUT2D eigenvalue weighted by molar-refractivity contribution is 0.575. The summed E-state index contributed by atoms with van der Waals surface area (Å²) in [6.07, 6.45) is 10.8. The van der Waals surface area contributed by atoms with E-state index in [2.05, 4.69) is 197 Å². The summed E-state index contributed by atoms with van der Waals surface area (Å²) < 4.78 is 4.88. The van der Waals surface area contributed by atoms with E-state index in [4.69, 9.17) is 0 Å². The number of nitrogens with zero attached hydrogens (tertiary/aromatic N) is 2. The normalized spacial score (nSPS) is 15.9. The Morgan fingerprint density at radius 1 is 0.448 bits per heavy atom. The van der Waals surface area contributed by atoms with Crippen LogP contribution in [0.25, 0.3) is 99.2 Å². The summed E-state index contributed by atoms with van der Waals surface area (Å²) in [5, 5.41) is 7.83. The van der Waals surface area contributed by atoms with Gasteiger partial charge in [0.1, 0.15) is 0 Å². The zero-order chi connectivity index (χ0) is 37.9.